The maximum absolute atomic E-state index is 11.5. The first-order valence-corrected chi connectivity index (χ1v) is 6.44. The largest absolute Gasteiger partial charge is 0.493 e. The summed E-state index contributed by atoms with van der Waals surface area (Å²) in [6.45, 7) is 1.83. The van der Waals surface area contributed by atoms with E-state index in [1.54, 1.807) is 0 Å². The van der Waals surface area contributed by atoms with Crippen LogP contribution >= 0.6 is 15.9 Å². The second kappa shape index (κ2) is 4.24. The van der Waals surface area contributed by atoms with Gasteiger partial charge < -0.3 is 10.1 Å². The third-order valence-corrected chi connectivity index (χ3v) is 3.61. The zero-order chi connectivity index (χ0) is 13.6. The number of aromatic nitrogens is 3. The van der Waals surface area contributed by atoms with E-state index < -0.39 is 0 Å². The molecular formula is C13H10BrN3O2. The quantitative estimate of drug-likeness (QED) is 0.723. The maximum Gasteiger partial charge on any atom is 0.254 e. The topological polar surface area (TPSA) is 70.4 Å². The Bertz CT molecular complexity index is 836. The first-order valence-electron chi connectivity index (χ1n) is 5.64. The van der Waals surface area contributed by atoms with E-state index >= 15 is 0 Å². The van der Waals surface area contributed by atoms with Gasteiger partial charge in [-0.05, 0) is 13.0 Å². The van der Waals surface area contributed by atoms with E-state index in [0.29, 0.717) is 5.65 Å². The van der Waals surface area contributed by atoms with Crippen LogP contribution in [0.3, 0.4) is 0 Å². The zero-order valence-corrected chi connectivity index (χ0v) is 11.6. The van der Waals surface area contributed by atoms with Gasteiger partial charge in [0.05, 0.1) is 11.8 Å². The number of H-pyrrole nitrogens is 1. The van der Waals surface area contributed by atoms with Crippen molar-refractivity contribution in [1.82, 2.24) is 14.6 Å². The minimum atomic E-state index is -0.363. The van der Waals surface area contributed by atoms with Gasteiger partial charge in [0.15, 0.2) is 0 Å². The molecule has 0 saturated carbocycles. The van der Waals surface area contributed by atoms with Crippen LogP contribution < -0.4 is 5.56 Å². The van der Waals surface area contributed by atoms with E-state index in [1.165, 1.54) is 4.52 Å². The van der Waals surface area contributed by atoms with Crippen molar-refractivity contribution in [1.29, 1.82) is 0 Å². The molecule has 3 rings (SSSR count). The zero-order valence-electron chi connectivity index (χ0n) is 10.0. The fourth-order valence-electron chi connectivity index (χ4n) is 2.13. The van der Waals surface area contributed by atoms with Crippen molar-refractivity contribution in [2.75, 3.05) is 0 Å². The first kappa shape index (κ1) is 12.0. The van der Waals surface area contributed by atoms with E-state index in [1.807, 2.05) is 31.2 Å². The van der Waals surface area contributed by atoms with E-state index in [0.717, 1.165) is 27.4 Å². The standard InChI is InChI=1S/C13H10BrN3O2/c1-7-12(8-4-2-3-5-9(8)14)13-15-10(18)6-11(19)17(13)16-7/h2-6,19H,1H3,(H,15,18). The third kappa shape index (κ3) is 1.84. The molecule has 0 amide bonds. The summed E-state index contributed by atoms with van der Waals surface area (Å²) >= 11 is 3.48. The Hall–Kier alpha value is -2.08. The lowest BCUT2D eigenvalue weighted by atomic mass is 10.1. The Labute approximate surface area is 116 Å². The number of fused-ring (bicyclic) bond motifs is 1. The van der Waals surface area contributed by atoms with Crippen molar-refractivity contribution in [3.8, 4) is 17.0 Å². The second-order valence-corrected chi connectivity index (χ2v) is 5.05. The molecular weight excluding hydrogens is 310 g/mol. The highest BCUT2D eigenvalue weighted by molar-refractivity contribution is 9.10. The summed E-state index contributed by atoms with van der Waals surface area (Å²) in [6, 6.07) is 8.76. The Balaban J connectivity index is 2.45. The lowest BCUT2D eigenvalue weighted by molar-refractivity contribution is 0.434. The van der Waals surface area contributed by atoms with Crippen LogP contribution in [-0.2, 0) is 0 Å². The molecule has 0 unspecified atom stereocenters. The van der Waals surface area contributed by atoms with Gasteiger partial charge in [0.1, 0.15) is 5.65 Å². The first-order chi connectivity index (χ1) is 9.08. The highest BCUT2D eigenvalue weighted by Crippen LogP contribution is 2.33. The van der Waals surface area contributed by atoms with Crippen LogP contribution in [0.4, 0.5) is 0 Å². The number of aromatic hydroxyl groups is 1. The van der Waals surface area contributed by atoms with Crippen LogP contribution in [0.1, 0.15) is 5.69 Å². The Morgan fingerprint density at radius 3 is 2.84 bits per heavy atom. The van der Waals surface area contributed by atoms with Gasteiger partial charge in [0, 0.05) is 15.6 Å². The minimum absolute atomic E-state index is 0.180. The summed E-state index contributed by atoms with van der Waals surface area (Å²) < 4.78 is 2.23. The van der Waals surface area contributed by atoms with Gasteiger partial charge in [-0.15, -0.1) is 0 Å². The van der Waals surface area contributed by atoms with Gasteiger partial charge >= 0.3 is 0 Å². The minimum Gasteiger partial charge on any atom is -0.493 e. The summed E-state index contributed by atoms with van der Waals surface area (Å²) in [4.78, 5) is 14.2. The van der Waals surface area contributed by atoms with E-state index in [2.05, 4.69) is 26.0 Å². The molecule has 0 atom stereocenters. The highest BCUT2D eigenvalue weighted by Gasteiger charge is 2.16. The molecule has 2 N–H and O–H groups in total. The molecule has 0 fully saturated rings. The molecule has 96 valence electrons. The molecule has 0 saturated heterocycles. The lowest BCUT2D eigenvalue weighted by Crippen LogP contribution is -2.07. The SMILES string of the molecule is Cc1nn2c(O)cc(=O)[nH]c2c1-c1ccccc1Br. The number of benzene rings is 1. The monoisotopic (exact) mass is 319 g/mol. The van der Waals surface area contributed by atoms with Gasteiger partial charge in [-0.25, -0.2) is 0 Å². The summed E-state index contributed by atoms with van der Waals surface area (Å²) in [5.74, 6) is -0.180. The van der Waals surface area contributed by atoms with E-state index in [9.17, 15) is 9.90 Å². The normalized spacial score (nSPS) is 11.1. The second-order valence-electron chi connectivity index (χ2n) is 4.19. The lowest BCUT2D eigenvalue weighted by Gasteiger charge is -2.03. The fourth-order valence-corrected chi connectivity index (χ4v) is 2.61. The van der Waals surface area contributed by atoms with Gasteiger partial charge in [0.2, 0.25) is 5.88 Å². The van der Waals surface area contributed by atoms with Crippen LogP contribution in [0, 0.1) is 6.92 Å². The molecule has 3 aromatic rings. The number of aryl methyl sites for hydroxylation is 1. The predicted octanol–water partition coefficient (Wildman–Crippen LogP) is 2.47. The molecule has 0 spiro atoms. The Morgan fingerprint density at radius 2 is 2.11 bits per heavy atom. The summed E-state index contributed by atoms with van der Waals surface area (Å²) in [5.41, 5.74) is 2.55. The third-order valence-electron chi connectivity index (χ3n) is 2.92. The molecule has 0 aliphatic carbocycles. The van der Waals surface area contributed by atoms with Crippen LogP contribution in [-0.4, -0.2) is 19.7 Å². The number of rotatable bonds is 1. The molecule has 6 heteroatoms. The number of halogens is 1. The van der Waals surface area contributed by atoms with Crippen LogP contribution in [0.2, 0.25) is 0 Å². The molecule has 19 heavy (non-hydrogen) atoms. The summed E-state index contributed by atoms with van der Waals surface area (Å²) in [5, 5.41) is 14.0. The maximum atomic E-state index is 11.5. The smallest absolute Gasteiger partial charge is 0.254 e. The number of hydrogen-bond acceptors (Lipinski definition) is 3. The van der Waals surface area contributed by atoms with E-state index in [4.69, 9.17) is 0 Å². The van der Waals surface area contributed by atoms with Crippen molar-refractivity contribution in [3.63, 3.8) is 0 Å². The summed E-state index contributed by atoms with van der Waals surface area (Å²) in [7, 11) is 0. The molecule has 0 aliphatic rings. The molecule has 1 aromatic carbocycles. The van der Waals surface area contributed by atoms with Gasteiger partial charge in [-0.2, -0.15) is 9.61 Å². The molecule has 2 heterocycles. The van der Waals surface area contributed by atoms with Gasteiger partial charge in [-0.1, -0.05) is 34.1 Å². The molecule has 0 radical (unpaired) electrons. The van der Waals surface area contributed by atoms with Crippen LogP contribution in [0.5, 0.6) is 5.88 Å². The van der Waals surface area contributed by atoms with Crippen molar-refractivity contribution in [2.24, 2.45) is 0 Å². The van der Waals surface area contributed by atoms with Crippen LogP contribution in [0.25, 0.3) is 16.8 Å². The van der Waals surface area contributed by atoms with Gasteiger partial charge in [-0.3, -0.25) is 4.79 Å². The number of nitrogens with zero attached hydrogens (tertiary/aromatic N) is 2. The van der Waals surface area contributed by atoms with Crippen molar-refractivity contribution in [3.05, 3.63) is 50.9 Å². The van der Waals surface area contributed by atoms with Crippen molar-refractivity contribution in [2.45, 2.75) is 6.92 Å². The molecule has 5 nitrogen and oxygen atoms in total. The summed E-state index contributed by atoms with van der Waals surface area (Å²) in [6.07, 6.45) is 0. The molecule has 0 bridgehead atoms. The Morgan fingerprint density at radius 1 is 1.37 bits per heavy atom. The average Bonchev–Trinajstić information content (AvgIpc) is 2.67. The van der Waals surface area contributed by atoms with E-state index in [-0.39, 0.29) is 11.4 Å². The Kier molecular flexibility index (Phi) is 2.67. The van der Waals surface area contributed by atoms with Gasteiger partial charge in [0.25, 0.3) is 5.56 Å². The van der Waals surface area contributed by atoms with Crippen LogP contribution in [0.15, 0.2) is 39.6 Å². The van der Waals surface area contributed by atoms with Crippen molar-refractivity contribution >= 4 is 21.6 Å². The average molecular weight is 320 g/mol. The fraction of sp³-hybridized carbons (Fsp3) is 0.0769. The number of aromatic amines is 1. The molecule has 2 aromatic heterocycles. The number of hydrogen-bond donors (Lipinski definition) is 2. The predicted molar refractivity (Wildman–Crippen MR) is 75.4 cm³/mol. The molecule has 0 aliphatic heterocycles. The number of nitrogens with one attached hydrogen (secondary N) is 1. The van der Waals surface area contributed by atoms with Crippen molar-refractivity contribution < 1.29 is 5.11 Å². The highest BCUT2D eigenvalue weighted by atomic mass is 79.9.